The van der Waals surface area contributed by atoms with Gasteiger partial charge in [-0.1, -0.05) is 12.1 Å². The number of hydrogen-bond acceptors (Lipinski definition) is 5. The summed E-state index contributed by atoms with van der Waals surface area (Å²) in [6, 6.07) is 9.46. The predicted octanol–water partition coefficient (Wildman–Crippen LogP) is 1.82. The van der Waals surface area contributed by atoms with E-state index in [0.717, 1.165) is 5.56 Å². The van der Waals surface area contributed by atoms with Gasteiger partial charge in [0.1, 0.15) is 11.8 Å². The molecule has 1 saturated heterocycles. The molecule has 2 rings (SSSR count). The second-order valence-corrected chi connectivity index (χ2v) is 7.97. The first-order chi connectivity index (χ1) is 9.84. The number of benzene rings is 1. The van der Waals surface area contributed by atoms with Crippen LogP contribution in [0.5, 0.6) is 5.75 Å². The Balaban J connectivity index is 2.00. The maximum absolute atomic E-state index is 11.6. The van der Waals surface area contributed by atoms with E-state index in [-0.39, 0.29) is 29.7 Å². The van der Waals surface area contributed by atoms with Crippen molar-refractivity contribution in [3.05, 3.63) is 29.8 Å². The highest BCUT2D eigenvalue weighted by Crippen LogP contribution is 2.27. The van der Waals surface area contributed by atoms with E-state index in [0.29, 0.717) is 12.2 Å². The standard InChI is InChI=1S/C15H20N2O3S/c1-12(17-15(2)7-10-21(18,19)11-15)13-3-5-14(6-4-13)20-9-8-16/h3-6,12,17H,7,9-11H2,1-2H3. The molecule has 21 heavy (non-hydrogen) atoms. The minimum absolute atomic E-state index is 0.0308. The Kier molecular flexibility index (Phi) is 4.55. The zero-order valence-corrected chi connectivity index (χ0v) is 13.1. The Hall–Kier alpha value is -1.58. The van der Waals surface area contributed by atoms with Crippen molar-refractivity contribution < 1.29 is 13.2 Å². The van der Waals surface area contributed by atoms with Gasteiger partial charge in [0.2, 0.25) is 0 Å². The first-order valence-electron chi connectivity index (χ1n) is 6.91. The normalized spacial score (nSPS) is 25.2. The van der Waals surface area contributed by atoms with Crippen molar-refractivity contribution in [3.8, 4) is 11.8 Å². The summed E-state index contributed by atoms with van der Waals surface area (Å²) >= 11 is 0. The molecular weight excluding hydrogens is 288 g/mol. The topological polar surface area (TPSA) is 79.2 Å². The predicted molar refractivity (Wildman–Crippen MR) is 80.8 cm³/mol. The van der Waals surface area contributed by atoms with Gasteiger partial charge in [-0.3, -0.25) is 0 Å². The first-order valence-corrected chi connectivity index (χ1v) is 8.74. The monoisotopic (exact) mass is 308 g/mol. The largest absolute Gasteiger partial charge is 0.479 e. The van der Waals surface area contributed by atoms with E-state index in [2.05, 4.69) is 5.32 Å². The molecule has 2 unspecified atom stereocenters. The Labute approximate surface area is 125 Å². The number of ether oxygens (including phenoxy) is 1. The van der Waals surface area contributed by atoms with Gasteiger partial charge in [-0.25, -0.2) is 8.42 Å². The van der Waals surface area contributed by atoms with E-state index in [9.17, 15) is 8.42 Å². The van der Waals surface area contributed by atoms with Crippen LogP contribution < -0.4 is 10.1 Å². The summed E-state index contributed by atoms with van der Waals surface area (Å²) in [5.74, 6) is 1.10. The summed E-state index contributed by atoms with van der Waals surface area (Å²) in [4.78, 5) is 0. The third kappa shape index (κ3) is 4.19. The quantitative estimate of drug-likeness (QED) is 0.897. The van der Waals surface area contributed by atoms with Crippen molar-refractivity contribution in [3.63, 3.8) is 0 Å². The maximum atomic E-state index is 11.6. The molecule has 1 aromatic rings. The highest BCUT2D eigenvalue weighted by atomic mass is 32.2. The van der Waals surface area contributed by atoms with Crippen LogP contribution in [0.1, 0.15) is 31.9 Å². The van der Waals surface area contributed by atoms with Crippen LogP contribution in [0.25, 0.3) is 0 Å². The zero-order chi connectivity index (χ0) is 15.5. The van der Waals surface area contributed by atoms with Crippen LogP contribution >= 0.6 is 0 Å². The van der Waals surface area contributed by atoms with Crippen LogP contribution in [-0.4, -0.2) is 32.1 Å². The fraction of sp³-hybridized carbons (Fsp3) is 0.533. The Bertz CT molecular complexity index is 634. The molecule has 1 aromatic carbocycles. The summed E-state index contributed by atoms with van der Waals surface area (Å²) in [7, 11) is -2.91. The lowest BCUT2D eigenvalue weighted by Gasteiger charge is -2.29. The van der Waals surface area contributed by atoms with Gasteiger partial charge in [-0.15, -0.1) is 0 Å². The van der Waals surface area contributed by atoms with Crippen molar-refractivity contribution in [2.24, 2.45) is 0 Å². The molecule has 0 bridgehead atoms. The van der Waals surface area contributed by atoms with E-state index < -0.39 is 9.84 Å². The van der Waals surface area contributed by atoms with Gasteiger partial charge in [0.05, 0.1) is 11.5 Å². The summed E-state index contributed by atoms with van der Waals surface area (Å²) in [6.07, 6.45) is 0.642. The van der Waals surface area contributed by atoms with Gasteiger partial charge in [0, 0.05) is 11.6 Å². The average molecular weight is 308 g/mol. The van der Waals surface area contributed by atoms with E-state index >= 15 is 0 Å². The minimum atomic E-state index is -2.91. The molecule has 5 nitrogen and oxygen atoms in total. The van der Waals surface area contributed by atoms with E-state index in [1.54, 1.807) is 0 Å². The molecule has 1 N–H and O–H groups in total. The summed E-state index contributed by atoms with van der Waals surface area (Å²) in [5, 5.41) is 11.9. The highest BCUT2D eigenvalue weighted by molar-refractivity contribution is 7.91. The zero-order valence-electron chi connectivity index (χ0n) is 12.3. The van der Waals surface area contributed by atoms with Crippen LogP contribution in [0, 0.1) is 11.3 Å². The lowest BCUT2D eigenvalue weighted by molar-refractivity contribution is 0.354. The Morgan fingerprint density at radius 2 is 2.10 bits per heavy atom. The fourth-order valence-electron chi connectivity index (χ4n) is 2.70. The summed E-state index contributed by atoms with van der Waals surface area (Å²) in [5.41, 5.74) is 0.693. The molecule has 0 amide bonds. The molecule has 114 valence electrons. The molecule has 1 heterocycles. The number of nitrogens with one attached hydrogen (secondary N) is 1. The maximum Gasteiger partial charge on any atom is 0.174 e. The lowest BCUT2D eigenvalue weighted by atomic mass is 9.98. The Morgan fingerprint density at radius 1 is 1.43 bits per heavy atom. The number of rotatable bonds is 5. The fourth-order valence-corrected chi connectivity index (χ4v) is 4.80. The van der Waals surface area contributed by atoms with Crippen LogP contribution in [-0.2, 0) is 9.84 Å². The average Bonchev–Trinajstić information content (AvgIpc) is 2.70. The molecule has 1 aliphatic heterocycles. The van der Waals surface area contributed by atoms with Gasteiger partial charge in [0.25, 0.3) is 0 Å². The van der Waals surface area contributed by atoms with Gasteiger partial charge in [0.15, 0.2) is 16.4 Å². The van der Waals surface area contributed by atoms with Gasteiger partial charge in [-0.05, 0) is 38.0 Å². The van der Waals surface area contributed by atoms with Gasteiger partial charge in [-0.2, -0.15) is 5.26 Å². The van der Waals surface area contributed by atoms with Crippen molar-refractivity contribution in [2.45, 2.75) is 31.8 Å². The Morgan fingerprint density at radius 3 is 2.62 bits per heavy atom. The van der Waals surface area contributed by atoms with Gasteiger partial charge >= 0.3 is 0 Å². The van der Waals surface area contributed by atoms with Crippen molar-refractivity contribution in [1.82, 2.24) is 5.32 Å². The van der Waals surface area contributed by atoms with Crippen molar-refractivity contribution in [1.29, 1.82) is 5.26 Å². The van der Waals surface area contributed by atoms with Crippen molar-refractivity contribution >= 4 is 9.84 Å². The molecule has 2 atom stereocenters. The second-order valence-electron chi connectivity index (χ2n) is 5.78. The number of nitrogens with zero attached hydrogens (tertiary/aromatic N) is 1. The van der Waals surface area contributed by atoms with Crippen LogP contribution in [0.2, 0.25) is 0 Å². The van der Waals surface area contributed by atoms with Gasteiger partial charge < -0.3 is 10.1 Å². The van der Waals surface area contributed by atoms with Crippen molar-refractivity contribution in [2.75, 3.05) is 18.1 Å². The number of hydrogen-bond donors (Lipinski definition) is 1. The van der Waals surface area contributed by atoms with E-state index in [4.69, 9.17) is 10.00 Å². The number of nitriles is 1. The molecule has 1 fully saturated rings. The molecule has 0 aliphatic carbocycles. The third-order valence-electron chi connectivity index (χ3n) is 3.75. The highest BCUT2D eigenvalue weighted by Gasteiger charge is 2.38. The van der Waals surface area contributed by atoms with Crippen LogP contribution in [0.3, 0.4) is 0 Å². The van der Waals surface area contributed by atoms with Crippen LogP contribution in [0.4, 0.5) is 0 Å². The molecule has 1 aliphatic rings. The molecular formula is C15H20N2O3S. The third-order valence-corrected chi connectivity index (χ3v) is 5.65. The molecule has 0 saturated carbocycles. The molecule has 6 heteroatoms. The molecule has 0 spiro atoms. The minimum Gasteiger partial charge on any atom is -0.479 e. The molecule has 0 radical (unpaired) electrons. The van der Waals surface area contributed by atoms with E-state index in [1.165, 1.54) is 0 Å². The summed E-state index contributed by atoms with van der Waals surface area (Å²) < 4.78 is 28.5. The number of sulfone groups is 1. The lowest BCUT2D eigenvalue weighted by Crippen LogP contribution is -2.44. The molecule has 0 aromatic heterocycles. The SMILES string of the molecule is CC(NC1(C)CCS(=O)(=O)C1)c1ccc(OCC#N)cc1. The van der Waals surface area contributed by atoms with Crippen LogP contribution in [0.15, 0.2) is 24.3 Å². The first kappa shape index (κ1) is 15.8. The summed E-state index contributed by atoms with van der Waals surface area (Å²) in [6.45, 7) is 4.00. The second kappa shape index (κ2) is 6.04. The smallest absolute Gasteiger partial charge is 0.174 e. The van der Waals surface area contributed by atoms with E-state index in [1.807, 2.05) is 44.2 Å².